The molecule has 1 heterocycles. The van der Waals surface area contributed by atoms with E-state index in [0.717, 1.165) is 30.5 Å². The third kappa shape index (κ3) is 4.73. The third-order valence-corrected chi connectivity index (χ3v) is 4.53. The summed E-state index contributed by atoms with van der Waals surface area (Å²) in [7, 11) is 0. The molecular formula is C21H18F4N4O2. The molecule has 0 saturated carbocycles. The van der Waals surface area contributed by atoms with Crippen LogP contribution in [0.5, 0.6) is 0 Å². The van der Waals surface area contributed by atoms with Crippen molar-refractivity contribution < 1.29 is 27.2 Å². The largest absolute Gasteiger partial charge is 0.434 e. The summed E-state index contributed by atoms with van der Waals surface area (Å²) < 4.78 is 55.0. The summed E-state index contributed by atoms with van der Waals surface area (Å²) in [6.45, 7) is 3.29. The highest BCUT2D eigenvalue weighted by Gasteiger charge is 2.40. The van der Waals surface area contributed by atoms with Crippen LogP contribution in [-0.4, -0.2) is 21.6 Å². The number of rotatable bonds is 5. The average molecular weight is 434 g/mol. The van der Waals surface area contributed by atoms with Gasteiger partial charge in [-0.15, -0.1) is 0 Å². The zero-order valence-corrected chi connectivity index (χ0v) is 16.5. The number of alkyl halides is 3. The number of carbonyl (C=O) groups is 2. The van der Waals surface area contributed by atoms with Crippen LogP contribution in [0, 0.1) is 12.7 Å². The lowest BCUT2D eigenvalue weighted by atomic mass is 10.1. The smallest absolute Gasteiger partial charge is 0.326 e. The topological polar surface area (TPSA) is 76.0 Å². The van der Waals surface area contributed by atoms with Crippen LogP contribution < -0.4 is 10.6 Å². The van der Waals surface area contributed by atoms with E-state index in [0.29, 0.717) is 15.9 Å². The van der Waals surface area contributed by atoms with E-state index in [-0.39, 0.29) is 23.7 Å². The van der Waals surface area contributed by atoms with Crippen LogP contribution >= 0.6 is 0 Å². The summed E-state index contributed by atoms with van der Waals surface area (Å²) in [5, 5.41) is 8.79. The first-order chi connectivity index (χ1) is 14.6. The highest BCUT2D eigenvalue weighted by Crippen LogP contribution is 2.34. The quantitative estimate of drug-likeness (QED) is 0.559. The Kier molecular flexibility index (Phi) is 6.09. The third-order valence-electron chi connectivity index (χ3n) is 4.53. The van der Waals surface area contributed by atoms with Crippen LogP contribution in [0.2, 0.25) is 0 Å². The SMILES string of the molecule is CCC(=O)Nc1cccc(NC(=O)c2cnn(-c3ccc(F)cc3)c2C(F)(F)F)c1C. The molecule has 0 aliphatic rings. The van der Waals surface area contributed by atoms with Crippen molar-refractivity contribution >= 4 is 23.2 Å². The Morgan fingerprint density at radius 3 is 2.23 bits per heavy atom. The molecule has 6 nitrogen and oxygen atoms in total. The summed E-state index contributed by atoms with van der Waals surface area (Å²) in [5.41, 5.74) is -0.876. The first-order valence-electron chi connectivity index (χ1n) is 9.23. The van der Waals surface area contributed by atoms with Crippen molar-refractivity contribution in [2.24, 2.45) is 0 Å². The number of nitrogens with zero attached hydrogens (tertiary/aromatic N) is 2. The van der Waals surface area contributed by atoms with Crippen molar-refractivity contribution in [2.75, 3.05) is 10.6 Å². The molecule has 2 aromatic carbocycles. The van der Waals surface area contributed by atoms with Crippen LogP contribution in [-0.2, 0) is 11.0 Å². The van der Waals surface area contributed by atoms with Gasteiger partial charge in [0.2, 0.25) is 5.91 Å². The molecule has 0 fully saturated rings. The number of aromatic nitrogens is 2. The summed E-state index contributed by atoms with van der Waals surface area (Å²) in [5.74, 6) is -1.89. The number of anilines is 2. The molecule has 0 bridgehead atoms. The zero-order valence-electron chi connectivity index (χ0n) is 16.5. The molecule has 31 heavy (non-hydrogen) atoms. The molecule has 2 N–H and O–H groups in total. The molecule has 0 atom stereocenters. The normalized spacial score (nSPS) is 11.3. The van der Waals surface area contributed by atoms with Crippen LogP contribution in [0.4, 0.5) is 28.9 Å². The van der Waals surface area contributed by atoms with E-state index in [9.17, 15) is 27.2 Å². The minimum absolute atomic E-state index is 0.0479. The highest BCUT2D eigenvalue weighted by molar-refractivity contribution is 6.06. The van der Waals surface area contributed by atoms with Gasteiger partial charge < -0.3 is 10.6 Å². The molecule has 0 spiro atoms. The second kappa shape index (κ2) is 8.58. The van der Waals surface area contributed by atoms with Crippen LogP contribution in [0.15, 0.2) is 48.7 Å². The van der Waals surface area contributed by atoms with E-state index in [4.69, 9.17) is 0 Å². The lowest BCUT2D eigenvalue weighted by Gasteiger charge is -2.15. The van der Waals surface area contributed by atoms with E-state index in [1.54, 1.807) is 26.0 Å². The van der Waals surface area contributed by atoms with Crippen LogP contribution in [0.3, 0.4) is 0 Å². The summed E-state index contributed by atoms with van der Waals surface area (Å²) in [6.07, 6.45) is -3.85. The molecule has 0 aliphatic carbocycles. The van der Waals surface area contributed by atoms with Gasteiger partial charge in [0, 0.05) is 17.8 Å². The molecule has 10 heteroatoms. The Bertz CT molecular complexity index is 1120. The van der Waals surface area contributed by atoms with Crippen molar-refractivity contribution in [3.8, 4) is 5.69 Å². The van der Waals surface area contributed by atoms with Crippen molar-refractivity contribution in [2.45, 2.75) is 26.4 Å². The predicted octanol–water partition coefficient (Wildman–Crippen LogP) is 4.94. The first kappa shape index (κ1) is 22.0. The number of hydrogen-bond donors (Lipinski definition) is 2. The second-order valence-corrected chi connectivity index (χ2v) is 6.63. The van der Waals surface area contributed by atoms with Crippen LogP contribution in [0.25, 0.3) is 5.69 Å². The highest BCUT2D eigenvalue weighted by atomic mass is 19.4. The Morgan fingerprint density at radius 1 is 1.03 bits per heavy atom. The van der Waals surface area contributed by atoms with Crippen molar-refractivity contribution in [1.82, 2.24) is 9.78 Å². The Balaban J connectivity index is 1.97. The monoisotopic (exact) mass is 434 g/mol. The van der Waals surface area contributed by atoms with E-state index >= 15 is 0 Å². The van der Waals surface area contributed by atoms with Gasteiger partial charge in [0.05, 0.1) is 17.4 Å². The maximum Gasteiger partial charge on any atom is 0.434 e. The molecule has 0 unspecified atom stereocenters. The fraction of sp³-hybridized carbons (Fsp3) is 0.190. The molecule has 3 rings (SSSR count). The molecule has 0 radical (unpaired) electrons. The van der Waals surface area contributed by atoms with Gasteiger partial charge in [-0.25, -0.2) is 9.07 Å². The zero-order chi connectivity index (χ0) is 22.8. The van der Waals surface area contributed by atoms with Crippen molar-refractivity contribution in [3.05, 3.63) is 71.3 Å². The fourth-order valence-electron chi connectivity index (χ4n) is 2.90. The van der Waals surface area contributed by atoms with E-state index in [1.165, 1.54) is 6.07 Å². The Labute approximate surface area is 174 Å². The number of amides is 2. The number of nitrogens with one attached hydrogen (secondary N) is 2. The lowest BCUT2D eigenvalue weighted by molar-refractivity contribution is -0.143. The molecule has 1 aromatic heterocycles. The van der Waals surface area contributed by atoms with E-state index in [2.05, 4.69) is 15.7 Å². The maximum atomic E-state index is 13.8. The molecule has 2 amide bonds. The standard InChI is InChI=1S/C21H18F4N4O2/c1-3-18(30)27-16-5-4-6-17(12(16)2)28-20(31)15-11-26-29(19(15)21(23,24)25)14-9-7-13(22)8-10-14/h4-11H,3H2,1-2H3,(H,27,30)(H,28,31). The minimum atomic E-state index is -4.90. The Hall–Kier alpha value is -3.69. The fourth-order valence-corrected chi connectivity index (χ4v) is 2.90. The van der Waals surface area contributed by atoms with Crippen molar-refractivity contribution in [3.63, 3.8) is 0 Å². The van der Waals surface area contributed by atoms with Gasteiger partial charge in [-0.3, -0.25) is 9.59 Å². The van der Waals surface area contributed by atoms with Crippen LogP contribution in [0.1, 0.15) is 35.0 Å². The van der Waals surface area contributed by atoms with Crippen molar-refractivity contribution in [1.29, 1.82) is 0 Å². The summed E-state index contributed by atoms with van der Waals surface area (Å²) in [6, 6.07) is 8.93. The van der Waals surface area contributed by atoms with Gasteiger partial charge in [0.25, 0.3) is 5.91 Å². The predicted molar refractivity (Wildman–Crippen MR) is 107 cm³/mol. The first-order valence-corrected chi connectivity index (χ1v) is 9.23. The summed E-state index contributed by atoms with van der Waals surface area (Å²) >= 11 is 0. The van der Waals surface area contributed by atoms with E-state index < -0.39 is 29.2 Å². The van der Waals surface area contributed by atoms with Gasteiger partial charge in [-0.05, 0) is 48.9 Å². The Morgan fingerprint density at radius 2 is 1.65 bits per heavy atom. The molecule has 0 saturated heterocycles. The second-order valence-electron chi connectivity index (χ2n) is 6.63. The maximum absolute atomic E-state index is 13.8. The molecule has 3 aromatic rings. The average Bonchev–Trinajstić information content (AvgIpc) is 3.17. The van der Waals surface area contributed by atoms with Gasteiger partial charge in [0.1, 0.15) is 5.82 Å². The molecule has 162 valence electrons. The summed E-state index contributed by atoms with van der Waals surface area (Å²) in [4.78, 5) is 24.4. The van der Waals surface area contributed by atoms with Gasteiger partial charge in [-0.2, -0.15) is 18.3 Å². The number of benzene rings is 2. The minimum Gasteiger partial charge on any atom is -0.326 e. The molecule has 0 aliphatic heterocycles. The van der Waals surface area contributed by atoms with Gasteiger partial charge in [0.15, 0.2) is 5.69 Å². The number of carbonyl (C=O) groups excluding carboxylic acids is 2. The molecular weight excluding hydrogens is 416 g/mol. The van der Waals surface area contributed by atoms with Gasteiger partial charge in [-0.1, -0.05) is 13.0 Å². The van der Waals surface area contributed by atoms with E-state index in [1.807, 2.05) is 0 Å². The van der Waals surface area contributed by atoms with Gasteiger partial charge >= 0.3 is 6.18 Å². The number of halogens is 4. The lowest BCUT2D eigenvalue weighted by Crippen LogP contribution is -2.21. The number of hydrogen-bond acceptors (Lipinski definition) is 3.